The van der Waals surface area contributed by atoms with E-state index in [1.807, 2.05) is 0 Å². The molecule has 3 aromatic rings. The molecule has 0 spiro atoms. The molecule has 2 nitrogen and oxygen atoms in total. The summed E-state index contributed by atoms with van der Waals surface area (Å²) in [6, 6.07) is 20.6. The molecule has 1 aromatic heterocycles. The fraction of sp³-hybridized carbons (Fsp3) is 0.433. The molecule has 2 heteroatoms. The zero-order valence-electron chi connectivity index (χ0n) is 20.3. The van der Waals surface area contributed by atoms with E-state index in [0.717, 1.165) is 38.8 Å². The van der Waals surface area contributed by atoms with Gasteiger partial charge in [-0.3, -0.25) is 9.88 Å². The van der Waals surface area contributed by atoms with E-state index in [9.17, 15) is 0 Å². The van der Waals surface area contributed by atoms with Gasteiger partial charge in [0.2, 0.25) is 0 Å². The molecular weight excluding hydrogens is 388 g/mol. The van der Waals surface area contributed by atoms with Crippen molar-refractivity contribution < 1.29 is 0 Å². The van der Waals surface area contributed by atoms with Crippen LogP contribution in [0, 0.1) is 0 Å². The molecular formula is C30H38N2. The van der Waals surface area contributed by atoms with Gasteiger partial charge in [-0.25, -0.2) is 0 Å². The number of rotatable bonds is 8. The summed E-state index contributed by atoms with van der Waals surface area (Å²) in [4.78, 5) is 8.01. The number of hydrogen-bond donors (Lipinski definition) is 0. The van der Waals surface area contributed by atoms with Crippen LogP contribution in [0.2, 0.25) is 0 Å². The molecule has 0 bridgehead atoms. The summed E-state index contributed by atoms with van der Waals surface area (Å²) >= 11 is 0. The molecule has 1 heterocycles. The summed E-state index contributed by atoms with van der Waals surface area (Å²) in [5, 5.41) is 0. The zero-order chi connectivity index (χ0) is 22.5. The largest absolute Gasteiger partial charge is 0.292 e. The first-order valence-electron chi connectivity index (χ1n) is 12.6. The van der Waals surface area contributed by atoms with Crippen LogP contribution >= 0.6 is 0 Å². The maximum Gasteiger partial charge on any atom is 0.0713 e. The maximum absolute atomic E-state index is 5.36. The van der Waals surface area contributed by atoms with Crippen LogP contribution in [0.25, 0.3) is 11.3 Å². The van der Waals surface area contributed by atoms with Crippen molar-refractivity contribution in [3.8, 4) is 11.3 Å². The molecule has 1 aliphatic carbocycles. The highest BCUT2D eigenvalue weighted by Crippen LogP contribution is 2.39. The number of fused-ring (bicyclic) bond motifs is 1. The van der Waals surface area contributed by atoms with Gasteiger partial charge in [0, 0.05) is 23.8 Å². The lowest BCUT2D eigenvalue weighted by Crippen LogP contribution is -2.32. The topological polar surface area (TPSA) is 16.1 Å². The van der Waals surface area contributed by atoms with Crippen molar-refractivity contribution in [3.63, 3.8) is 0 Å². The van der Waals surface area contributed by atoms with Crippen molar-refractivity contribution in [2.24, 2.45) is 0 Å². The lowest BCUT2D eigenvalue weighted by atomic mass is 9.84. The Morgan fingerprint density at radius 1 is 0.844 bits per heavy atom. The predicted molar refractivity (Wildman–Crippen MR) is 136 cm³/mol. The molecule has 0 radical (unpaired) electrons. The van der Waals surface area contributed by atoms with Crippen LogP contribution in [0.1, 0.15) is 80.1 Å². The Labute approximate surface area is 194 Å². The normalized spacial score (nSPS) is 15.7. The molecule has 0 N–H and O–H groups in total. The van der Waals surface area contributed by atoms with Crippen LogP contribution in [-0.4, -0.2) is 16.4 Å². The summed E-state index contributed by atoms with van der Waals surface area (Å²) < 4.78 is 0. The van der Waals surface area contributed by atoms with Crippen LogP contribution in [-0.2, 0) is 32.2 Å². The molecule has 0 aliphatic heterocycles. The lowest BCUT2D eigenvalue weighted by Gasteiger charge is -2.36. The molecule has 4 rings (SSSR count). The standard InChI is InChI=1S/C30H38N2/c1-5-23-16-12-17-24(6-2)29(23)27-20-25(7-3)30-26(31-27)18-13-19-28(30)32(8-4)21-22-14-10-9-11-15-22/h9-12,14-17,20,28H,5-8,13,18-19,21H2,1-4H3. The summed E-state index contributed by atoms with van der Waals surface area (Å²) in [6.07, 6.45) is 6.71. The van der Waals surface area contributed by atoms with Gasteiger partial charge >= 0.3 is 0 Å². The minimum atomic E-state index is 0.465. The third kappa shape index (κ3) is 4.52. The van der Waals surface area contributed by atoms with E-state index < -0.39 is 0 Å². The summed E-state index contributed by atoms with van der Waals surface area (Å²) in [7, 11) is 0. The van der Waals surface area contributed by atoms with Crippen LogP contribution in [0.3, 0.4) is 0 Å². The van der Waals surface area contributed by atoms with E-state index in [1.54, 1.807) is 0 Å². The highest BCUT2D eigenvalue weighted by atomic mass is 15.2. The molecule has 2 aromatic carbocycles. The Bertz CT molecular complexity index is 999. The first-order chi connectivity index (χ1) is 15.7. The highest BCUT2D eigenvalue weighted by molar-refractivity contribution is 5.69. The quantitative estimate of drug-likeness (QED) is 0.375. The van der Waals surface area contributed by atoms with Crippen molar-refractivity contribution in [3.05, 3.63) is 88.1 Å². The second-order valence-corrected chi connectivity index (χ2v) is 9.00. The van der Waals surface area contributed by atoms with Crippen molar-refractivity contribution in [2.45, 2.75) is 78.8 Å². The minimum Gasteiger partial charge on any atom is -0.292 e. The summed E-state index contributed by atoms with van der Waals surface area (Å²) in [6.45, 7) is 11.2. The molecule has 0 saturated heterocycles. The highest BCUT2D eigenvalue weighted by Gasteiger charge is 2.29. The first-order valence-corrected chi connectivity index (χ1v) is 12.6. The zero-order valence-corrected chi connectivity index (χ0v) is 20.3. The molecule has 0 fully saturated rings. The van der Waals surface area contributed by atoms with E-state index in [1.165, 1.54) is 57.6 Å². The molecule has 1 unspecified atom stereocenters. The van der Waals surface area contributed by atoms with E-state index >= 15 is 0 Å². The Morgan fingerprint density at radius 2 is 1.53 bits per heavy atom. The number of hydrogen-bond acceptors (Lipinski definition) is 2. The molecule has 1 atom stereocenters. The van der Waals surface area contributed by atoms with Gasteiger partial charge in [0.1, 0.15) is 0 Å². The molecule has 0 amide bonds. The fourth-order valence-corrected chi connectivity index (χ4v) is 5.49. The Kier molecular flexibility index (Phi) is 7.42. The van der Waals surface area contributed by atoms with Crippen molar-refractivity contribution >= 4 is 0 Å². The van der Waals surface area contributed by atoms with Gasteiger partial charge in [-0.15, -0.1) is 0 Å². The second kappa shape index (κ2) is 10.4. The fourth-order valence-electron chi connectivity index (χ4n) is 5.49. The van der Waals surface area contributed by atoms with Crippen LogP contribution in [0.4, 0.5) is 0 Å². The number of aryl methyl sites for hydroxylation is 4. The second-order valence-electron chi connectivity index (χ2n) is 9.00. The summed E-state index contributed by atoms with van der Waals surface area (Å²) in [5.41, 5.74) is 11.2. The SMILES string of the molecule is CCc1cccc(CC)c1-c1cc(CC)c2c(n1)CCCC2N(CC)Cc1ccccc1. The van der Waals surface area contributed by atoms with E-state index in [0.29, 0.717) is 6.04 Å². The third-order valence-corrected chi connectivity index (χ3v) is 7.16. The van der Waals surface area contributed by atoms with Gasteiger partial charge in [-0.1, -0.05) is 76.2 Å². The van der Waals surface area contributed by atoms with Gasteiger partial charge in [0.15, 0.2) is 0 Å². The Morgan fingerprint density at radius 3 is 2.16 bits per heavy atom. The first kappa shape index (κ1) is 22.7. The number of aromatic nitrogens is 1. The summed E-state index contributed by atoms with van der Waals surface area (Å²) in [5.74, 6) is 0. The van der Waals surface area contributed by atoms with E-state index in [4.69, 9.17) is 4.98 Å². The average Bonchev–Trinajstić information content (AvgIpc) is 2.86. The lowest BCUT2D eigenvalue weighted by molar-refractivity contribution is 0.177. The predicted octanol–water partition coefficient (Wildman–Crippen LogP) is 7.34. The molecule has 32 heavy (non-hydrogen) atoms. The number of benzene rings is 2. The maximum atomic E-state index is 5.36. The van der Waals surface area contributed by atoms with Gasteiger partial charge in [0.25, 0.3) is 0 Å². The average molecular weight is 427 g/mol. The molecule has 168 valence electrons. The minimum absolute atomic E-state index is 0.465. The Hall–Kier alpha value is -2.45. The van der Waals surface area contributed by atoms with E-state index in [-0.39, 0.29) is 0 Å². The molecule has 0 saturated carbocycles. The monoisotopic (exact) mass is 426 g/mol. The van der Waals surface area contributed by atoms with Gasteiger partial charge in [-0.05, 0) is 79.0 Å². The van der Waals surface area contributed by atoms with Gasteiger partial charge < -0.3 is 0 Å². The van der Waals surface area contributed by atoms with Crippen molar-refractivity contribution in [1.29, 1.82) is 0 Å². The van der Waals surface area contributed by atoms with Gasteiger partial charge in [0.05, 0.1) is 5.69 Å². The molecule has 1 aliphatic rings. The van der Waals surface area contributed by atoms with E-state index in [2.05, 4.69) is 87.2 Å². The number of nitrogens with zero attached hydrogens (tertiary/aromatic N) is 2. The Balaban J connectivity index is 1.78. The smallest absolute Gasteiger partial charge is 0.0713 e. The van der Waals surface area contributed by atoms with Crippen molar-refractivity contribution in [2.75, 3.05) is 6.54 Å². The van der Waals surface area contributed by atoms with Crippen LogP contribution < -0.4 is 0 Å². The van der Waals surface area contributed by atoms with Crippen LogP contribution in [0.5, 0.6) is 0 Å². The van der Waals surface area contributed by atoms with Crippen molar-refractivity contribution in [1.82, 2.24) is 9.88 Å². The number of pyridine rings is 1. The van der Waals surface area contributed by atoms with Gasteiger partial charge in [-0.2, -0.15) is 0 Å². The third-order valence-electron chi connectivity index (χ3n) is 7.16. The van der Waals surface area contributed by atoms with Crippen LogP contribution in [0.15, 0.2) is 54.6 Å².